The van der Waals surface area contributed by atoms with E-state index in [9.17, 15) is 14.0 Å². The van der Waals surface area contributed by atoms with Crippen molar-refractivity contribution in [1.82, 2.24) is 14.5 Å². The van der Waals surface area contributed by atoms with Crippen molar-refractivity contribution in [2.45, 2.75) is 47.9 Å². The number of amides is 1. The van der Waals surface area contributed by atoms with Crippen LogP contribution in [-0.2, 0) is 11.2 Å². The van der Waals surface area contributed by atoms with Gasteiger partial charge in [0.2, 0.25) is 5.91 Å². The fraction of sp³-hybridized carbons (Fsp3) is 0.450. The molecule has 0 spiro atoms. The topological polar surface area (TPSA) is 55.2 Å². The van der Waals surface area contributed by atoms with Gasteiger partial charge >= 0.3 is 0 Å². The van der Waals surface area contributed by atoms with Crippen molar-refractivity contribution in [3.05, 3.63) is 46.1 Å². The molecule has 1 fully saturated rings. The van der Waals surface area contributed by atoms with Gasteiger partial charge in [0, 0.05) is 24.8 Å². The Morgan fingerprint density at radius 2 is 1.96 bits per heavy atom. The summed E-state index contributed by atoms with van der Waals surface area (Å²) in [7, 11) is 0. The quantitative estimate of drug-likeness (QED) is 0.561. The van der Waals surface area contributed by atoms with Crippen LogP contribution in [-0.4, -0.2) is 44.5 Å². The molecule has 2 aromatic rings. The molecule has 5 nitrogen and oxygen atoms in total. The first kappa shape index (κ1) is 19.5. The van der Waals surface area contributed by atoms with Crippen LogP contribution in [0, 0.1) is 5.82 Å². The number of aromatic nitrogens is 2. The number of carbonyl (C=O) groups is 1. The molecule has 148 valence electrons. The largest absolute Gasteiger partial charge is 0.342 e. The van der Waals surface area contributed by atoms with Gasteiger partial charge in [0.15, 0.2) is 5.16 Å². The van der Waals surface area contributed by atoms with E-state index >= 15 is 0 Å². The van der Waals surface area contributed by atoms with Gasteiger partial charge in [0.25, 0.3) is 5.56 Å². The molecule has 0 aliphatic carbocycles. The van der Waals surface area contributed by atoms with Gasteiger partial charge < -0.3 is 4.90 Å². The average Bonchev–Trinajstić information content (AvgIpc) is 3.08. The van der Waals surface area contributed by atoms with Crippen molar-refractivity contribution in [3.63, 3.8) is 0 Å². The van der Waals surface area contributed by atoms with Gasteiger partial charge in [-0.2, -0.15) is 0 Å². The zero-order valence-corrected chi connectivity index (χ0v) is 17.3. The summed E-state index contributed by atoms with van der Waals surface area (Å²) >= 11 is 2.82. The van der Waals surface area contributed by atoms with E-state index in [2.05, 4.69) is 6.92 Å². The lowest BCUT2D eigenvalue weighted by Crippen LogP contribution is -2.37. The molecule has 0 bridgehead atoms. The van der Waals surface area contributed by atoms with Gasteiger partial charge in [0.05, 0.1) is 22.0 Å². The van der Waals surface area contributed by atoms with Crippen molar-refractivity contribution >= 4 is 29.4 Å². The Morgan fingerprint density at radius 3 is 2.68 bits per heavy atom. The van der Waals surface area contributed by atoms with Gasteiger partial charge in [-0.1, -0.05) is 18.7 Å². The Hall–Kier alpha value is -1.80. The summed E-state index contributed by atoms with van der Waals surface area (Å²) in [4.78, 5) is 33.0. The molecule has 1 atom stereocenters. The highest BCUT2D eigenvalue weighted by atomic mass is 32.2. The number of hydrogen-bond donors (Lipinski definition) is 0. The third-order valence-corrected chi connectivity index (χ3v) is 7.14. The molecule has 1 aromatic carbocycles. The third kappa shape index (κ3) is 3.98. The van der Waals surface area contributed by atoms with Crippen molar-refractivity contribution in [1.29, 1.82) is 0 Å². The number of rotatable bonds is 4. The van der Waals surface area contributed by atoms with Crippen LogP contribution in [0.4, 0.5) is 4.39 Å². The Labute approximate surface area is 171 Å². The lowest BCUT2D eigenvalue weighted by atomic mass is 10.1. The molecule has 1 amide bonds. The Morgan fingerprint density at radius 1 is 1.25 bits per heavy atom. The van der Waals surface area contributed by atoms with E-state index in [4.69, 9.17) is 4.98 Å². The second-order valence-corrected chi connectivity index (χ2v) is 9.54. The number of hydrogen-bond acceptors (Lipinski definition) is 5. The van der Waals surface area contributed by atoms with Crippen LogP contribution in [0.15, 0.2) is 39.1 Å². The van der Waals surface area contributed by atoms with E-state index in [1.165, 1.54) is 46.6 Å². The van der Waals surface area contributed by atoms with Gasteiger partial charge in [-0.15, -0.1) is 11.8 Å². The number of likely N-dealkylation sites (tertiary alicyclic amines) is 1. The van der Waals surface area contributed by atoms with E-state index < -0.39 is 0 Å². The van der Waals surface area contributed by atoms with E-state index in [1.807, 2.05) is 4.90 Å². The second kappa shape index (κ2) is 8.29. The number of nitrogens with zero attached hydrogens (tertiary/aromatic N) is 3. The average molecular weight is 420 g/mol. The zero-order chi connectivity index (χ0) is 19.7. The van der Waals surface area contributed by atoms with Crippen molar-refractivity contribution in [3.8, 4) is 5.69 Å². The van der Waals surface area contributed by atoms with Gasteiger partial charge in [0.1, 0.15) is 5.82 Å². The Kier molecular flexibility index (Phi) is 5.78. The Bertz CT molecular complexity index is 940. The third-order valence-electron chi connectivity index (χ3n) is 5.00. The molecule has 2 aliphatic rings. The summed E-state index contributed by atoms with van der Waals surface area (Å²) in [5.74, 6) is -0.0361. The zero-order valence-electron chi connectivity index (χ0n) is 15.7. The highest BCUT2D eigenvalue weighted by Gasteiger charge is 2.27. The molecule has 1 saturated heterocycles. The molecule has 0 radical (unpaired) electrons. The lowest BCUT2D eigenvalue weighted by molar-refractivity contribution is -0.129. The molecule has 3 heterocycles. The number of fused-ring (bicyclic) bond motifs is 1. The monoisotopic (exact) mass is 419 g/mol. The first-order chi connectivity index (χ1) is 13.5. The van der Waals surface area contributed by atoms with E-state index in [0.29, 0.717) is 21.0 Å². The maximum atomic E-state index is 13.4. The first-order valence-electron chi connectivity index (χ1n) is 9.52. The minimum atomic E-state index is -0.358. The molecule has 2 aliphatic heterocycles. The summed E-state index contributed by atoms with van der Waals surface area (Å²) in [5.41, 5.74) is 1.22. The predicted octanol–water partition coefficient (Wildman–Crippen LogP) is 3.51. The Balaban J connectivity index is 1.66. The molecule has 0 saturated carbocycles. The van der Waals surface area contributed by atoms with Crippen molar-refractivity contribution < 1.29 is 9.18 Å². The minimum Gasteiger partial charge on any atom is -0.342 e. The van der Waals surface area contributed by atoms with Crippen LogP contribution in [0.1, 0.15) is 31.9 Å². The molecule has 0 unspecified atom stereocenters. The molecular weight excluding hydrogens is 397 g/mol. The highest BCUT2D eigenvalue weighted by Crippen LogP contribution is 2.35. The van der Waals surface area contributed by atoms with E-state index in [1.54, 1.807) is 12.1 Å². The summed E-state index contributed by atoms with van der Waals surface area (Å²) in [6.07, 6.45) is 4.00. The summed E-state index contributed by atoms with van der Waals surface area (Å²) in [6, 6.07) is 5.81. The van der Waals surface area contributed by atoms with Crippen LogP contribution in [0.5, 0.6) is 0 Å². The molecule has 4 rings (SSSR count). The molecule has 28 heavy (non-hydrogen) atoms. The van der Waals surface area contributed by atoms with E-state index in [0.717, 1.165) is 38.0 Å². The van der Waals surface area contributed by atoms with Crippen molar-refractivity contribution in [2.75, 3.05) is 18.8 Å². The molecule has 8 heteroatoms. The number of piperidine rings is 1. The predicted molar refractivity (Wildman–Crippen MR) is 110 cm³/mol. The van der Waals surface area contributed by atoms with E-state index in [-0.39, 0.29) is 23.0 Å². The van der Waals surface area contributed by atoms with Crippen LogP contribution in [0.25, 0.3) is 5.69 Å². The number of carbonyl (C=O) groups excluding carboxylic acids is 1. The molecule has 0 N–H and O–H groups in total. The van der Waals surface area contributed by atoms with Crippen LogP contribution in [0.2, 0.25) is 0 Å². The SMILES string of the molecule is C[C@@H]1Cc2nc(SCC(=O)N3CCCCC3)n(-c3ccc(F)cc3)c(=O)c2S1. The summed E-state index contributed by atoms with van der Waals surface area (Å²) < 4.78 is 14.9. The van der Waals surface area contributed by atoms with Gasteiger partial charge in [-0.05, 0) is 43.5 Å². The number of benzene rings is 1. The minimum absolute atomic E-state index is 0.0767. The molecular formula is C20H22FN3O2S2. The van der Waals surface area contributed by atoms with Crippen molar-refractivity contribution in [2.24, 2.45) is 0 Å². The number of halogens is 1. The fourth-order valence-electron chi connectivity index (χ4n) is 3.58. The first-order valence-corrected chi connectivity index (χ1v) is 11.4. The normalized spacial score (nSPS) is 18.9. The second-order valence-electron chi connectivity index (χ2n) is 7.15. The van der Waals surface area contributed by atoms with Gasteiger partial charge in [-0.25, -0.2) is 9.37 Å². The maximum Gasteiger partial charge on any atom is 0.272 e. The lowest BCUT2D eigenvalue weighted by Gasteiger charge is -2.26. The highest BCUT2D eigenvalue weighted by molar-refractivity contribution is 8.00. The summed E-state index contributed by atoms with van der Waals surface area (Å²) in [6.45, 7) is 3.67. The standard InChI is InChI=1S/C20H22FN3O2S2/c1-13-11-16-18(28-13)19(26)24(15-7-5-14(21)6-8-15)20(22-16)27-12-17(25)23-9-3-2-4-10-23/h5-8,13H,2-4,9-12H2,1H3/t13-/m1/s1. The summed E-state index contributed by atoms with van der Waals surface area (Å²) in [5, 5.41) is 0.794. The fourth-order valence-corrected chi connectivity index (χ4v) is 5.60. The smallest absolute Gasteiger partial charge is 0.272 e. The van der Waals surface area contributed by atoms with Crippen LogP contribution < -0.4 is 5.56 Å². The van der Waals surface area contributed by atoms with Crippen LogP contribution in [0.3, 0.4) is 0 Å². The van der Waals surface area contributed by atoms with Crippen LogP contribution >= 0.6 is 23.5 Å². The maximum absolute atomic E-state index is 13.4. The van der Waals surface area contributed by atoms with Gasteiger partial charge in [-0.3, -0.25) is 14.2 Å². The molecule has 1 aromatic heterocycles. The number of thioether (sulfide) groups is 2.